The van der Waals surface area contributed by atoms with Gasteiger partial charge in [0.2, 0.25) is 11.6 Å². The molecule has 1 saturated carbocycles. The molecule has 0 aliphatic heterocycles. The van der Waals surface area contributed by atoms with Crippen LogP contribution in [-0.4, -0.2) is 38.3 Å². The molecular weight excluding hydrogens is 576 g/mol. The van der Waals surface area contributed by atoms with Gasteiger partial charge in [-0.05, 0) is 90.0 Å². The number of ketones is 3. The van der Waals surface area contributed by atoms with E-state index in [1.807, 2.05) is 39.0 Å². The number of aliphatic hydroxyl groups excluding tert-OH is 1. The van der Waals surface area contributed by atoms with Crippen molar-refractivity contribution in [2.45, 2.75) is 80.3 Å². The van der Waals surface area contributed by atoms with Crippen molar-refractivity contribution in [2.24, 2.45) is 28.6 Å². The minimum atomic E-state index is -2.54. The molecule has 0 saturated heterocycles. The van der Waals surface area contributed by atoms with E-state index in [1.54, 1.807) is 13.8 Å². The summed E-state index contributed by atoms with van der Waals surface area (Å²) in [4.78, 5) is 41.5. The van der Waals surface area contributed by atoms with E-state index in [0.717, 1.165) is 28.3 Å². The number of benzene rings is 3. The Hall–Kier alpha value is -4.03. The Morgan fingerprint density at radius 2 is 1.54 bits per heavy atom. The number of phenolic OH excluding ortho intramolecular Hbond substituents is 1. The molecule has 3 aliphatic carbocycles. The van der Waals surface area contributed by atoms with Crippen LogP contribution in [0.4, 0.5) is 0 Å². The molecule has 3 aromatic carbocycles. The fourth-order valence-corrected chi connectivity index (χ4v) is 9.71. The minimum Gasteiger partial charge on any atom is -0.507 e. The second-order valence-electron chi connectivity index (χ2n) is 15.2. The van der Waals surface area contributed by atoms with Crippen molar-refractivity contribution < 1.29 is 29.7 Å². The highest BCUT2D eigenvalue weighted by atomic mass is 16.3. The minimum absolute atomic E-state index is 0.0668. The van der Waals surface area contributed by atoms with Crippen molar-refractivity contribution in [3.63, 3.8) is 0 Å². The average Bonchev–Trinajstić information content (AvgIpc) is 2.95. The normalized spacial score (nSPS) is 27.8. The molecule has 6 nitrogen and oxygen atoms in total. The first-order chi connectivity index (χ1) is 21.5. The summed E-state index contributed by atoms with van der Waals surface area (Å²) < 4.78 is 0. The van der Waals surface area contributed by atoms with Gasteiger partial charge in [-0.2, -0.15) is 0 Å². The monoisotopic (exact) mass is 620 g/mol. The summed E-state index contributed by atoms with van der Waals surface area (Å²) in [7, 11) is 0. The first kappa shape index (κ1) is 31.9. The molecule has 46 heavy (non-hydrogen) atoms. The second-order valence-corrected chi connectivity index (χ2v) is 15.2. The molecule has 3 aromatic rings. The zero-order chi connectivity index (χ0) is 33.7. The number of allylic oxidation sites excluding steroid dienone is 1. The van der Waals surface area contributed by atoms with E-state index in [0.29, 0.717) is 23.5 Å². The summed E-state index contributed by atoms with van der Waals surface area (Å²) in [5.41, 5.74) is -0.471. The fraction of sp³-hybridized carbons (Fsp3) is 0.425. The van der Waals surface area contributed by atoms with E-state index in [4.69, 9.17) is 0 Å². The van der Waals surface area contributed by atoms with Gasteiger partial charge in [0.25, 0.3) is 0 Å². The summed E-state index contributed by atoms with van der Waals surface area (Å²) in [6.07, 6.45) is 1.44. The van der Waals surface area contributed by atoms with Gasteiger partial charge in [-0.3, -0.25) is 14.4 Å². The van der Waals surface area contributed by atoms with Gasteiger partial charge in [0, 0.05) is 16.4 Å². The van der Waals surface area contributed by atoms with Gasteiger partial charge in [-0.25, -0.2) is 0 Å². The quantitative estimate of drug-likeness (QED) is 0.199. The molecule has 6 heteroatoms. The lowest BCUT2D eigenvalue weighted by Gasteiger charge is -2.60. The summed E-state index contributed by atoms with van der Waals surface area (Å²) in [5, 5.41) is 37.8. The molecule has 4 atom stereocenters. The van der Waals surface area contributed by atoms with Crippen LogP contribution in [0.1, 0.15) is 78.5 Å². The largest absolute Gasteiger partial charge is 0.507 e. The molecule has 3 aliphatic rings. The molecule has 0 heterocycles. The zero-order valence-electron chi connectivity index (χ0n) is 28.0. The number of phenols is 1. The van der Waals surface area contributed by atoms with Crippen LogP contribution in [-0.2, 0) is 27.2 Å². The summed E-state index contributed by atoms with van der Waals surface area (Å²) >= 11 is 0. The van der Waals surface area contributed by atoms with Gasteiger partial charge >= 0.3 is 0 Å². The van der Waals surface area contributed by atoms with E-state index in [1.165, 1.54) is 18.6 Å². The molecule has 240 valence electrons. The maximum atomic E-state index is 14.7. The van der Waals surface area contributed by atoms with Gasteiger partial charge in [0.05, 0.1) is 11.1 Å². The van der Waals surface area contributed by atoms with Gasteiger partial charge in [0.15, 0.2) is 11.4 Å². The first-order valence-corrected chi connectivity index (χ1v) is 16.3. The van der Waals surface area contributed by atoms with Crippen LogP contribution in [0, 0.1) is 28.6 Å². The third-order valence-corrected chi connectivity index (χ3v) is 11.1. The Balaban J connectivity index is 1.61. The van der Waals surface area contributed by atoms with E-state index >= 15 is 0 Å². The lowest BCUT2D eigenvalue weighted by atomic mass is 9.42. The van der Waals surface area contributed by atoms with Gasteiger partial charge < -0.3 is 15.3 Å². The molecule has 0 aromatic heterocycles. The molecule has 0 bridgehead atoms. The zero-order valence-corrected chi connectivity index (χ0v) is 28.0. The van der Waals surface area contributed by atoms with E-state index in [2.05, 4.69) is 38.1 Å². The smallest absolute Gasteiger partial charge is 0.206 e. The Bertz CT molecular complexity index is 1930. The number of fused-ring (bicyclic) bond motifs is 4. The maximum Gasteiger partial charge on any atom is 0.206 e. The van der Waals surface area contributed by atoms with E-state index in [9.17, 15) is 29.7 Å². The maximum absolute atomic E-state index is 14.7. The van der Waals surface area contributed by atoms with Crippen LogP contribution in [0.3, 0.4) is 0 Å². The second kappa shape index (κ2) is 10.5. The van der Waals surface area contributed by atoms with Gasteiger partial charge in [-0.1, -0.05) is 89.6 Å². The molecule has 0 amide bonds. The third-order valence-electron chi connectivity index (χ3n) is 11.1. The topological polar surface area (TPSA) is 112 Å². The fourth-order valence-electron chi connectivity index (χ4n) is 9.71. The molecular formula is C40H44O6. The van der Waals surface area contributed by atoms with Crippen molar-refractivity contribution in [1.29, 1.82) is 0 Å². The van der Waals surface area contributed by atoms with Crippen LogP contribution in [0.5, 0.6) is 5.75 Å². The first-order valence-electron chi connectivity index (χ1n) is 16.3. The van der Waals surface area contributed by atoms with E-state index < -0.39 is 45.5 Å². The Kier molecular flexibility index (Phi) is 7.29. The number of aromatic hydroxyl groups is 1. The number of hydrogen-bond acceptors (Lipinski definition) is 6. The summed E-state index contributed by atoms with van der Waals surface area (Å²) in [6.45, 7) is 15.1. The van der Waals surface area contributed by atoms with Crippen molar-refractivity contribution in [1.82, 2.24) is 0 Å². The third kappa shape index (κ3) is 4.15. The summed E-state index contributed by atoms with van der Waals surface area (Å²) in [6, 6.07) is 15.9. The van der Waals surface area contributed by atoms with Crippen LogP contribution < -0.4 is 0 Å². The number of hydrogen-bond donors (Lipinski definition) is 3. The SMILES string of the molecule is CC(=O)C1=C(C)[C@@H](C(C)C)[C@]2(C)C[C@]3(C)Cc4c(-c5ccc(CC(C)C)c6ccccc56)ccc(O)c4C(O)=C3C(=O)[C@]2(O)C1=O. The van der Waals surface area contributed by atoms with Gasteiger partial charge in [0.1, 0.15) is 11.5 Å². The average molecular weight is 621 g/mol. The lowest BCUT2D eigenvalue weighted by molar-refractivity contribution is -0.180. The number of rotatable bonds is 5. The molecule has 0 radical (unpaired) electrons. The highest BCUT2D eigenvalue weighted by Crippen LogP contribution is 2.65. The summed E-state index contributed by atoms with van der Waals surface area (Å²) in [5.74, 6) is -2.95. The Morgan fingerprint density at radius 3 is 2.15 bits per heavy atom. The standard InChI is InChI=1S/C40H44O6/c1-20(2)17-24-13-14-27(26-12-10-9-11-25(24)26)28-15-16-30(42)32-29(28)18-38(7)19-39(8)33(21(3)4)22(5)31(23(6)41)36(44)40(39,46)37(45)34(38)35(32)43/h9-16,20-21,33,42-43,46H,17-19H2,1-8H3/t33-,38+,39+,40-/m1/s1. The number of carbonyl (C=O) groups is 3. The van der Waals surface area contributed by atoms with Crippen molar-refractivity contribution in [3.8, 4) is 16.9 Å². The molecule has 6 rings (SSSR count). The van der Waals surface area contributed by atoms with Crippen LogP contribution in [0.25, 0.3) is 27.7 Å². The molecule has 1 fully saturated rings. The number of aliphatic hydroxyl groups is 2. The molecule has 3 N–H and O–H groups in total. The number of carbonyl (C=O) groups excluding carboxylic acids is 3. The lowest BCUT2D eigenvalue weighted by Crippen LogP contribution is -2.70. The van der Waals surface area contributed by atoms with Crippen LogP contribution in [0.15, 0.2) is 65.3 Å². The Labute approximate surface area is 270 Å². The Morgan fingerprint density at radius 1 is 0.913 bits per heavy atom. The predicted molar refractivity (Wildman–Crippen MR) is 180 cm³/mol. The molecule has 0 unspecified atom stereocenters. The number of Topliss-reactive ketones (excluding diaryl/α,β-unsaturated/α-hetero) is 3. The molecule has 0 spiro atoms. The van der Waals surface area contributed by atoms with Gasteiger partial charge in [-0.15, -0.1) is 0 Å². The van der Waals surface area contributed by atoms with Crippen LogP contribution in [0.2, 0.25) is 0 Å². The van der Waals surface area contributed by atoms with Crippen LogP contribution >= 0.6 is 0 Å². The highest BCUT2D eigenvalue weighted by Gasteiger charge is 2.72. The highest BCUT2D eigenvalue weighted by molar-refractivity contribution is 6.33. The van der Waals surface area contributed by atoms with Crippen molar-refractivity contribution in [2.75, 3.05) is 0 Å². The predicted octanol–water partition coefficient (Wildman–Crippen LogP) is 7.71. The van der Waals surface area contributed by atoms with Crippen molar-refractivity contribution in [3.05, 3.63) is 81.9 Å². The van der Waals surface area contributed by atoms with E-state index in [-0.39, 0.29) is 34.8 Å². The van der Waals surface area contributed by atoms with Crippen molar-refractivity contribution >= 4 is 33.9 Å².